The summed E-state index contributed by atoms with van der Waals surface area (Å²) in [6.45, 7) is 0. The minimum Gasteiger partial charge on any atom is -0.504 e. The molecule has 2 rings (SSSR count). The molecule has 0 bridgehead atoms. The molecule has 0 spiro atoms. The molecular formula is C12H9BrN2O5. The molecule has 104 valence electrons. The Labute approximate surface area is 123 Å². The molecule has 1 aromatic carbocycles. The Kier molecular flexibility index (Phi) is 4.76. The van der Waals surface area contributed by atoms with Gasteiger partial charge in [-0.25, -0.2) is 0 Å². The van der Waals surface area contributed by atoms with Crippen molar-refractivity contribution in [3.63, 3.8) is 0 Å². The molecule has 0 aliphatic heterocycles. The number of nitrogens with zero attached hydrogens (tertiary/aromatic N) is 2. The highest BCUT2D eigenvalue weighted by molar-refractivity contribution is 8.93. The predicted molar refractivity (Wildman–Crippen MR) is 74.4 cm³/mol. The normalized spacial score (nSPS) is 9.60. The Morgan fingerprint density at radius 2 is 1.95 bits per heavy atom. The number of rotatable bonds is 3. The van der Waals surface area contributed by atoms with Crippen LogP contribution in [0.15, 0.2) is 36.5 Å². The Hall–Kier alpha value is -2.48. The van der Waals surface area contributed by atoms with Crippen LogP contribution in [0.2, 0.25) is 0 Å². The van der Waals surface area contributed by atoms with Crippen LogP contribution in [-0.4, -0.2) is 25.9 Å². The standard InChI is InChI=1S/C12H8N2O5.BrH/c15-10-6-7(5-9(12(10)17)14(18)19)11(16)8-3-1-2-4-13-8;/h1-6,15,17H;1H. The quantitative estimate of drug-likeness (QED) is 0.383. The van der Waals surface area contributed by atoms with Crippen molar-refractivity contribution >= 4 is 28.5 Å². The molecule has 0 saturated carbocycles. The highest BCUT2D eigenvalue weighted by Crippen LogP contribution is 2.36. The van der Waals surface area contributed by atoms with Crippen LogP contribution in [0.3, 0.4) is 0 Å². The maximum absolute atomic E-state index is 12.0. The lowest BCUT2D eigenvalue weighted by atomic mass is 10.1. The smallest absolute Gasteiger partial charge is 0.315 e. The summed E-state index contributed by atoms with van der Waals surface area (Å²) in [5.74, 6) is -2.19. The van der Waals surface area contributed by atoms with Crippen LogP contribution < -0.4 is 0 Å². The highest BCUT2D eigenvalue weighted by Gasteiger charge is 2.22. The number of carbonyl (C=O) groups is 1. The number of benzene rings is 1. The minimum absolute atomic E-state index is 0. The first-order chi connectivity index (χ1) is 9.00. The molecule has 0 aliphatic rings. The van der Waals surface area contributed by atoms with Gasteiger partial charge < -0.3 is 10.2 Å². The van der Waals surface area contributed by atoms with Crippen LogP contribution in [0, 0.1) is 10.1 Å². The zero-order valence-corrected chi connectivity index (χ0v) is 11.6. The summed E-state index contributed by atoms with van der Waals surface area (Å²) in [5, 5.41) is 29.4. The second-order valence-corrected chi connectivity index (χ2v) is 3.66. The highest BCUT2D eigenvalue weighted by atomic mass is 79.9. The molecule has 0 fully saturated rings. The lowest BCUT2D eigenvalue weighted by Gasteiger charge is -2.03. The van der Waals surface area contributed by atoms with Crippen molar-refractivity contribution in [3.05, 3.63) is 57.9 Å². The monoisotopic (exact) mass is 340 g/mol. The lowest BCUT2D eigenvalue weighted by Crippen LogP contribution is -2.04. The molecule has 0 amide bonds. The second-order valence-electron chi connectivity index (χ2n) is 3.66. The van der Waals surface area contributed by atoms with Crippen molar-refractivity contribution in [3.8, 4) is 11.5 Å². The topological polar surface area (TPSA) is 114 Å². The van der Waals surface area contributed by atoms with E-state index in [9.17, 15) is 25.1 Å². The maximum Gasteiger partial charge on any atom is 0.315 e. The first-order valence-electron chi connectivity index (χ1n) is 5.17. The van der Waals surface area contributed by atoms with Crippen molar-refractivity contribution in [2.24, 2.45) is 0 Å². The minimum atomic E-state index is -0.885. The van der Waals surface area contributed by atoms with Gasteiger partial charge in [-0.15, -0.1) is 17.0 Å². The van der Waals surface area contributed by atoms with Crippen molar-refractivity contribution in [2.45, 2.75) is 0 Å². The number of nitro groups is 1. The van der Waals surface area contributed by atoms with E-state index in [2.05, 4.69) is 4.98 Å². The molecule has 0 unspecified atom stereocenters. The molecule has 1 aromatic heterocycles. The number of phenols is 2. The van der Waals surface area contributed by atoms with E-state index in [1.165, 1.54) is 12.3 Å². The van der Waals surface area contributed by atoms with Crippen molar-refractivity contribution < 1.29 is 19.9 Å². The summed E-state index contributed by atoms with van der Waals surface area (Å²) in [6.07, 6.45) is 1.40. The van der Waals surface area contributed by atoms with Gasteiger partial charge in [-0.3, -0.25) is 19.9 Å². The Morgan fingerprint density at radius 3 is 2.50 bits per heavy atom. The molecule has 20 heavy (non-hydrogen) atoms. The number of hydrogen-bond donors (Lipinski definition) is 2. The summed E-state index contributed by atoms with van der Waals surface area (Å²) < 4.78 is 0. The van der Waals surface area contributed by atoms with E-state index < -0.39 is 27.9 Å². The number of hydrogen-bond acceptors (Lipinski definition) is 6. The number of carbonyl (C=O) groups excluding carboxylic acids is 1. The number of pyridine rings is 1. The summed E-state index contributed by atoms with van der Waals surface area (Å²) in [5.41, 5.74) is -0.776. The van der Waals surface area contributed by atoms with E-state index in [0.717, 1.165) is 12.1 Å². The van der Waals surface area contributed by atoms with Gasteiger partial charge in [0.15, 0.2) is 5.75 Å². The largest absolute Gasteiger partial charge is 0.504 e. The zero-order valence-electron chi connectivity index (χ0n) is 9.89. The van der Waals surface area contributed by atoms with Gasteiger partial charge in [0.1, 0.15) is 5.69 Å². The van der Waals surface area contributed by atoms with E-state index >= 15 is 0 Å². The van der Waals surface area contributed by atoms with Gasteiger partial charge in [-0.05, 0) is 18.2 Å². The average Bonchev–Trinajstić information content (AvgIpc) is 2.41. The van der Waals surface area contributed by atoms with Crippen molar-refractivity contribution in [1.29, 1.82) is 0 Å². The Balaban J connectivity index is 0.00000200. The fourth-order valence-corrected chi connectivity index (χ4v) is 1.52. The molecule has 0 saturated heterocycles. The Morgan fingerprint density at radius 1 is 1.25 bits per heavy atom. The zero-order chi connectivity index (χ0) is 14.0. The van der Waals surface area contributed by atoms with Crippen LogP contribution in [-0.2, 0) is 0 Å². The molecule has 0 aliphatic carbocycles. The number of phenolic OH excluding ortho intramolecular Hbond substituents is 2. The second kappa shape index (κ2) is 6.11. The van der Waals surface area contributed by atoms with Gasteiger partial charge in [-0.2, -0.15) is 0 Å². The first-order valence-corrected chi connectivity index (χ1v) is 5.17. The van der Waals surface area contributed by atoms with Crippen LogP contribution >= 0.6 is 17.0 Å². The van der Waals surface area contributed by atoms with Gasteiger partial charge in [-0.1, -0.05) is 6.07 Å². The third kappa shape index (κ3) is 2.91. The number of aromatic hydroxyl groups is 2. The van der Waals surface area contributed by atoms with Crippen LogP contribution in [0.4, 0.5) is 5.69 Å². The van der Waals surface area contributed by atoms with Crippen LogP contribution in [0.25, 0.3) is 0 Å². The molecule has 8 heteroatoms. The van der Waals surface area contributed by atoms with Gasteiger partial charge in [0.25, 0.3) is 0 Å². The summed E-state index contributed by atoms with van der Waals surface area (Å²) in [7, 11) is 0. The van der Waals surface area contributed by atoms with E-state index in [0.29, 0.717) is 0 Å². The fourth-order valence-electron chi connectivity index (χ4n) is 1.52. The van der Waals surface area contributed by atoms with E-state index in [1.807, 2.05) is 0 Å². The molecule has 2 N–H and O–H groups in total. The lowest BCUT2D eigenvalue weighted by molar-refractivity contribution is -0.386. The van der Waals surface area contributed by atoms with Gasteiger partial charge >= 0.3 is 5.69 Å². The summed E-state index contributed by atoms with van der Waals surface area (Å²) in [4.78, 5) is 25.6. The number of halogens is 1. The van der Waals surface area contributed by atoms with Crippen molar-refractivity contribution in [1.82, 2.24) is 4.98 Å². The van der Waals surface area contributed by atoms with Crippen LogP contribution in [0.5, 0.6) is 11.5 Å². The van der Waals surface area contributed by atoms with Crippen molar-refractivity contribution in [2.75, 3.05) is 0 Å². The molecule has 0 radical (unpaired) electrons. The SMILES string of the molecule is Br.O=C(c1cc(O)c(O)c([N+](=O)[O-])c1)c1ccccn1. The predicted octanol–water partition coefficient (Wildman–Crippen LogP) is 2.21. The molecule has 2 aromatic rings. The number of nitro benzene ring substituents is 1. The van der Waals surface area contributed by atoms with Gasteiger partial charge in [0.05, 0.1) is 4.92 Å². The van der Waals surface area contributed by atoms with E-state index in [-0.39, 0.29) is 28.2 Å². The average molecular weight is 341 g/mol. The van der Waals surface area contributed by atoms with Gasteiger partial charge in [0.2, 0.25) is 11.5 Å². The molecule has 7 nitrogen and oxygen atoms in total. The third-order valence-corrected chi connectivity index (χ3v) is 2.43. The first kappa shape index (κ1) is 15.6. The van der Waals surface area contributed by atoms with E-state index in [4.69, 9.17) is 0 Å². The molecular weight excluding hydrogens is 332 g/mol. The van der Waals surface area contributed by atoms with Crippen LogP contribution in [0.1, 0.15) is 16.1 Å². The molecule has 0 atom stereocenters. The van der Waals surface area contributed by atoms with E-state index in [1.54, 1.807) is 12.1 Å². The maximum atomic E-state index is 12.0. The fraction of sp³-hybridized carbons (Fsp3) is 0. The molecule has 1 heterocycles. The summed E-state index contributed by atoms with van der Waals surface area (Å²) >= 11 is 0. The number of aromatic nitrogens is 1. The van der Waals surface area contributed by atoms with Gasteiger partial charge in [0, 0.05) is 17.8 Å². The third-order valence-electron chi connectivity index (χ3n) is 2.43. The summed E-state index contributed by atoms with van der Waals surface area (Å²) in [6, 6.07) is 6.51. The Bertz CT molecular complexity index is 660. The number of ketones is 1.